The van der Waals surface area contributed by atoms with E-state index in [1.165, 1.54) is 0 Å². The molecule has 0 atom stereocenters. The highest BCUT2D eigenvalue weighted by Gasteiger charge is 2.26. The SMILES string of the molecule is CC(C)NC(=O)OC1CCC(c2cc(NC(=O)O)[nH]n2)CC1. The number of amides is 2. The van der Waals surface area contributed by atoms with E-state index in [1.807, 2.05) is 13.8 Å². The number of hydrogen-bond acceptors (Lipinski definition) is 4. The summed E-state index contributed by atoms with van der Waals surface area (Å²) < 4.78 is 5.38. The lowest BCUT2D eigenvalue weighted by atomic mass is 9.85. The molecule has 2 rings (SSSR count). The molecule has 1 saturated carbocycles. The van der Waals surface area contributed by atoms with Crippen LogP contribution in [0.5, 0.6) is 0 Å². The van der Waals surface area contributed by atoms with Gasteiger partial charge in [-0.15, -0.1) is 0 Å². The molecule has 22 heavy (non-hydrogen) atoms. The van der Waals surface area contributed by atoms with Crippen molar-refractivity contribution in [1.29, 1.82) is 0 Å². The van der Waals surface area contributed by atoms with Crippen LogP contribution in [0.2, 0.25) is 0 Å². The van der Waals surface area contributed by atoms with Gasteiger partial charge in [0.15, 0.2) is 0 Å². The van der Waals surface area contributed by atoms with Crippen LogP contribution >= 0.6 is 0 Å². The fraction of sp³-hybridized carbons (Fsp3) is 0.643. The minimum Gasteiger partial charge on any atom is -0.465 e. The molecule has 8 heteroatoms. The van der Waals surface area contributed by atoms with Gasteiger partial charge in [-0.1, -0.05) is 0 Å². The number of carbonyl (C=O) groups is 2. The molecule has 0 saturated heterocycles. The fourth-order valence-electron chi connectivity index (χ4n) is 2.62. The lowest BCUT2D eigenvalue weighted by Crippen LogP contribution is -2.34. The zero-order valence-electron chi connectivity index (χ0n) is 12.8. The third kappa shape index (κ3) is 4.64. The summed E-state index contributed by atoms with van der Waals surface area (Å²) in [5.41, 5.74) is 0.842. The zero-order chi connectivity index (χ0) is 16.1. The first-order chi connectivity index (χ1) is 10.4. The van der Waals surface area contributed by atoms with E-state index in [0.717, 1.165) is 31.4 Å². The fourth-order valence-corrected chi connectivity index (χ4v) is 2.62. The van der Waals surface area contributed by atoms with Gasteiger partial charge < -0.3 is 15.2 Å². The molecule has 8 nitrogen and oxygen atoms in total. The van der Waals surface area contributed by atoms with Gasteiger partial charge in [0.25, 0.3) is 0 Å². The largest absolute Gasteiger partial charge is 0.465 e. The molecule has 1 fully saturated rings. The second-order valence-electron chi connectivity index (χ2n) is 5.81. The number of carboxylic acid groups (broad SMARTS) is 1. The first-order valence-corrected chi connectivity index (χ1v) is 7.46. The Balaban J connectivity index is 1.80. The summed E-state index contributed by atoms with van der Waals surface area (Å²) in [5, 5.41) is 20.4. The molecule has 1 heterocycles. The smallest absolute Gasteiger partial charge is 0.410 e. The third-order valence-electron chi connectivity index (χ3n) is 3.61. The summed E-state index contributed by atoms with van der Waals surface area (Å²) in [6.07, 6.45) is 1.73. The van der Waals surface area contributed by atoms with E-state index in [1.54, 1.807) is 6.07 Å². The number of ether oxygens (including phenoxy) is 1. The van der Waals surface area contributed by atoms with Gasteiger partial charge >= 0.3 is 12.2 Å². The van der Waals surface area contributed by atoms with Crippen molar-refractivity contribution >= 4 is 18.0 Å². The molecule has 1 aromatic heterocycles. The Kier molecular flexibility index (Phi) is 5.24. The van der Waals surface area contributed by atoms with E-state index < -0.39 is 6.09 Å². The predicted molar refractivity (Wildman–Crippen MR) is 80.0 cm³/mol. The molecule has 0 radical (unpaired) electrons. The molecule has 122 valence electrons. The molecule has 1 aliphatic carbocycles. The lowest BCUT2D eigenvalue weighted by Gasteiger charge is -2.27. The number of aromatic amines is 1. The van der Waals surface area contributed by atoms with Gasteiger partial charge in [0.2, 0.25) is 0 Å². The first-order valence-electron chi connectivity index (χ1n) is 7.46. The number of alkyl carbamates (subject to hydrolysis) is 1. The van der Waals surface area contributed by atoms with Crippen molar-refractivity contribution in [3.8, 4) is 0 Å². The normalized spacial score (nSPS) is 21.4. The van der Waals surface area contributed by atoms with Gasteiger partial charge in [-0.3, -0.25) is 10.4 Å². The molecule has 0 unspecified atom stereocenters. The number of hydrogen-bond donors (Lipinski definition) is 4. The second-order valence-corrected chi connectivity index (χ2v) is 5.81. The average molecular weight is 310 g/mol. The molecule has 2 amide bonds. The van der Waals surface area contributed by atoms with Crippen molar-refractivity contribution in [2.24, 2.45) is 0 Å². The molecule has 0 aromatic carbocycles. The molecule has 0 spiro atoms. The number of rotatable bonds is 4. The monoisotopic (exact) mass is 310 g/mol. The van der Waals surface area contributed by atoms with Crippen LogP contribution in [0.15, 0.2) is 6.07 Å². The topological polar surface area (TPSA) is 116 Å². The number of aromatic nitrogens is 2. The van der Waals surface area contributed by atoms with E-state index in [2.05, 4.69) is 20.8 Å². The summed E-state index contributed by atoms with van der Waals surface area (Å²) in [4.78, 5) is 22.1. The number of nitrogens with zero attached hydrogens (tertiary/aromatic N) is 1. The quantitative estimate of drug-likeness (QED) is 0.682. The van der Waals surface area contributed by atoms with Crippen LogP contribution in [0.1, 0.15) is 51.1 Å². The maximum atomic E-state index is 11.6. The summed E-state index contributed by atoms with van der Waals surface area (Å²) >= 11 is 0. The van der Waals surface area contributed by atoms with Crippen molar-refractivity contribution in [3.63, 3.8) is 0 Å². The number of anilines is 1. The average Bonchev–Trinajstić information content (AvgIpc) is 2.86. The summed E-state index contributed by atoms with van der Waals surface area (Å²) in [7, 11) is 0. The third-order valence-corrected chi connectivity index (χ3v) is 3.61. The molecule has 0 aliphatic heterocycles. The van der Waals surface area contributed by atoms with E-state index >= 15 is 0 Å². The number of nitrogens with one attached hydrogen (secondary N) is 3. The van der Waals surface area contributed by atoms with Gasteiger partial charge in [-0.05, 0) is 39.5 Å². The van der Waals surface area contributed by atoms with Crippen LogP contribution in [-0.2, 0) is 4.74 Å². The van der Waals surface area contributed by atoms with Crippen LogP contribution in [0, 0.1) is 0 Å². The predicted octanol–water partition coefficient (Wildman–Crippen LogP) is 2.66. The van der Waals surface area contributed by atoms with Crippen molar-refractivity contribution < 1.29 is 19.4 Å². The molecular formula is C14H22N4O4. The summed E-state index contributed by atoms with van der Waals surface area (Å²) in [6.45, 7) is 3.77. The van der Waals surface area contributed by atoms with Gasteiger partial charge in [-0.2, -0.15) is 5.10 Å². The van der Waals surface area contributed by atoms with Gasteiger partial charge in [0.1, 0.15) is 11.9 Å². The summed E-state index contributed by atoms with van der Waals surface area (Å²) in [6, 6.07) is 1.78. The number of H-pyrrole nitrogens is 1. The zero-order valence-corrected chi connectivity index (χ0v) is 12.8. The maximum Gasteiger partial charge on any atom is 0.410 e. The van der Waals surface area contributed by atoms with E-state index in [0.29, 0.717) is 5.82 Å². The van der Waals surface area contributed by atoms with Crippen molar-refractivity contribution in [3.05, 3.63) is 11.8 Å². The highest BCUT2D eigenvalue weighted by Crippen LogP contribution is 2.33. The van der Waals surface area contributed by atoms with Gasteiger partial charge in [0, 0.05) is 18.0 Å². The van der Waals surface area contributed by atoms with Crippen molar-refractivity contribution in [2.75, 3.05) is 5.32 Å². The molecule has 1 aliphatic rings. The second kappa shape index (κ2) is 7.15. The van der Waals surface area contributed by atoms with E-state index in [-0.39, 0.29) is 24.2 Å². The minimum absolute atomic E-state index is 0.0630. The number of carbonyl (C=O) groups excluding carboxylic acids is 1. The lowest BCUT2D eigenvalue weighted by molar-refractivity contribution is 0.0697. The Hall–Kier alpha value is -2.25. The van der Waals surface area contributed by atoms with Crippen LogP contribution in [-0.4, -0.2) is 39.6 Å². The Morgan fingerprint density at radius 3 is 2.64 bits per heavy atom. The Morgan fingerprint density at radius 1 is 1.36 bits per heavy atom. The highest BCUT2D eigenvalue weighted by atomic mass is 16.6. The molecule has 4 N–H and O–H groups in total. The van der Waals surface area contributed by atoms with E-state index in [4.69, 9.17) is 9.84 Å². The first kappa shape index (κ1) is 16.1. The van der Waals surface area contributed by atoms with Crippen LogP contribution < -0.4 is 10.6 Å². The Labute approximate surface area is 128 Å². The minimum atomic E-state index is -1.12. The van der Waals surface area contributed by atoms with Crippen LogP contribution in [0.4, 0.5) is 15.4 Å². The highest BCUT2D eigenvalue weighted by molar-refractivity contribution is 5.81. The Morgan fingerprint density at radius 2 is 2.05 bits per heavy atom. The van der Waals surface area contributed by atoms with E-state index in [9.17, 15) is 9.59 Å². The molecule has 0 bridgehead atoms. The summed E-state index contributed by atoms with van der Waals surface area (Å²) in [5.74, 6) is 0.630. The van der Waals surface area contributed by atoms with Crippen LogP contribution in [0.25, 0.3) is 0 Å². The molecular weight excluding hydrogens is 288 g/mol. The van der Waals surface area contributed by atoms with Gasteiger partial charge in [-0.25, -0.2) is 9.59 Å². The van der Waals surface area contributed by atoms with Crippen LogP contribution in [0.3, 0.4) is 0 Å². The van der Waals surface area contributed by atoms with Gasteiger partial charge in [0.05, 0.1) is 5.69 Å². The van der Waals surface area contributed by atoms with Crippen molar-refractivity contribution in [2.45, 2.75) is 57.6 Å². The van der Waals surface area contributed by atoms with Crippen molar-refractivity contribution in [1.82, 2.24) is 15.5 Å². The standard InChI is InChI=1S/C14H22N4O4/c1-8(2)15-14(21)22-10-5-3-9(4-6-10)11-7-12(18-17-11)16-13(19)20/h7-10H,3-6H2,1-2H3,(H,15,21)(H,19,20)(H2,16,17,18). The molecule has 1 aromatic rings. The Bertz CT molecular complexity index is 521. The maximum absolute atomic E-state index is 11.6.